The molecular weight excluding hydrogens is 439 g/mol. The Balaban J connectivity index is 1.58. The molecule has 0 aliphatic carbocycles. The number of nitriles is 1. The van der Waals surface area contributed by atoms with Crippen molar-refractivity contribution in [3.8, 4) is 6.07 Å². The van der Waals surface area contributed by atoms with Crippen LogP contribution in [0.4, 0.5) is 5.69 Å². The van der Waals surface area contributed by atoms with Crippen LogP contribution in [-0.2, 0) is 22.7 Å². The SMILES string of the molecule is CC(=O)Nc1c(Cl)cc(CNC(N)NC(=O)Cn2ccc3ccc(C#N)cc32)cc1Cl. The van der Waals surface area contributed by atoms with E-state index in [1.807, 2.05) is 12.1 Å². The van der Waals surface area contributed by atoms with Gasteiger partial charge < -0.3 is 15.2 Å². The molecule has 1 atom stereocenters. The second-order valence-corrected chi connectivity index (χ2v) is 7.69. The number of nitrogens with two attached hydrogens (primary N) is 1. The van der Waals surface area contributed by atoms with Crippen molar-refractivity contribution in [3.05, 3.63) is 63.8 Å². The van der Waals surface area contributed by atoms with E-state index in [2.05, 4.69) is 22.0 Å². The van der Waals surface area contributed by atoms with E-state index in [0.29, 0.717) is 27.8 Å². The highest BCUT2D eigenvalue weighted by molar-refractivity contribution is 6.39. The maximum Gasteiger partial charge on any atom is 0.242 e. The third-order valence-corrected chi connectivity index (χ3v) is 5.06. The number of halogens is 2. The average Bonchev–Trinajstić information content (AvgIpc) is 3.10. The third-order valence-electron chi connectivity index (χ3n) is 4.46. The monoisotopic (exact) mass is 458 g/mol. The highest BCUT2D eigenvalue weighted by atomic mass is 35.5. The van der Waals surface area contributed by atoms with Gasteiger partial charge in [0.05, 0.1) is 27.4 Å². The van der Waals surface area contributed by atoms with Crippen molar-refractivity contribution in [2.45, 2.75) is 26.3 Å². The molecule has 1 unspecified atom stereocenters. The lowest BCUT2D eigenvalue weighted by Crippen LogP contribution is -2.52. The van der Waals surface area contributed by atoms with Gasteiger partial charge in [0.25, 0.3) is 0 Å². The molecule has 10 heteroatoms. The van der Waals surface area contributed by atoms with Crippen molar-refractivity contribution in [1.82, 2.24) is 15.2 Å². The van der Waals surface area contributed by atoms with E-state index in [4.69, 9.17) is 34.2 Å². The second kappa shape index (κ2) is 9.81. The maximum absolute atomic E-state index is 12.4. The van der Waals surface area contributed by atoms with E-state index in [1.165, 1.54) is 6.92 Å². The second-order valence-electron chi connectivity index (χ2n) is 6.87. The van der Waals surface area contributed by atoms with Crippen molar-refractivity contribution < 1.29 is 9.59 Å². The van der Waals surface area contributed by atoms with Crippen LogP contribution in [0.1, 0.15) is 18.1 Å². The minimum Gasteiger partial charge on any atom is -0.338 e. The molecule has 0 radical (unpaired) electrons. The molecule has 0 fully saturated rings. The quantitative estimate of drug-likeness (QED) is 0.405. The summed E-state index contributed by atoms with van der Waals surface area (Å²) in [6.45, 7) is 1.71. The van der Waals surface area contributed by atoms with E-state index < -0.39 is 6.29 Å². The Morgan fingerprint density at radius 2 is 1.90 bits per heavy atom. The number of amides is 2. The van der Waals surface area contributed by atoms with Crippen LogP contribution in [0.2, 0.25) is 10.0 Å². The average molecular weight is 459 g/mol. The number of nitrogens with one attached hydrogen (secondary N) is 3. The summed E-state index contributed by atoms with van der Waals surface area (Å²) < 4.78 is 1.75. The lowest BCUT2D eigenvalue weighted by Gasteiger charge is -2.17. The lowest BCUT2D eigenvalue weighted by atomic mass is 10.2. The normalized spacial score (nSPS) is 11.7. The number of nitrogens with zero attached hydrogens (tertiary/aromatic N) is 2. The molecule has 0 bridgehead atoms. The molecular formula is C21H20Cl2N6O2. The van der Waals surface area contributed by atoms with E-state index >= 15 is 0 Å². The number of carbonyl (C=O) groups excluding carboxylic acids is 2. The first-order valence-corrected chi connectivity index (χ1v) is 10.0. The molecule has 2 amide bonds. The molecule has 0 saturated heterocycles. The molecule has 1 aromatic heterocycles. The summed E-state index contributed by atoms with van der Waals surface area (Å²) in [4.78, 5) is 23.6. The standard InChI is InChI=1S/C21H20Cl2N6O2/c1-12(30)27-20-16(22)6-14(7-17(20)23)10-26-21(25)28-19(31)11-29-5-4-15-3-2-13(9-24)8-18(15)29/h2-8,21,26H,10-11,25H2,1H3,(H,27,30)(H,28,31). The van der Waals surface area contributed by atoms with Crippen molar-refractivity contribution in [3.63, 3.8) is 0 Å². The first-order chi connectivity index (χ1) is 14.8. The van der Waals surface area contributed by atoms with Crippen molar-refractivity contribution in [2.75, 3.05) is 5.32 Å². The largest absolute Gasteiger partial charge is 0.338 e. The Labute approximate surface area is 188 Å². The summed E-state index contributed by atoms with van der Waals surface area (Å²) in [7, 11) is 0. The number of aromatic nitrogens is 1. The van der Waals surface area contributed by atoms with Crippen LogP contribution in [0.15, 0.2) is 42.6 Å². The molecule has 0 aliphatic heterocycles. The van der Waals surface area contributed by atoms with Crippen molar-refractivity contribution in [1.29, 1.82) is 5.26 Å². The number of anilines is 1. The van der Waals surface area contributed by atoms with Gasteiger partial charge in [-0.1, -0.05) is 29.3 Å². The Morgan fingerprint density at radius 3 is 2.55 bits per heavy atom. The number of hydrogen-bond acceptors (Lipinski definition) is 5. The topological polar surface area (TPSA) is 125 Å². The van der Waals surface area contributed by atoms with Crippen LogP contribution >= 0.6 is 23.2 Å². The van der Waals surface area contributed by atoms with E-state index in [9.17, 15) is 9.59 Å². The van der Waals surface area contributed by atoms with Gasteiger partial charge in [-0.25, -0.2) is 0 Å². The fourth-order valence-electron chi connectivity index (χ4n) is 3.07. The minimum atomic E-state index is -0.809. The molecule has 0 saturated carbocycles. The van der Waals surface area contributed by atoms with Gasteiger partial charge in [0, 0.05) is 25.2 Å². The zero-order chi connectivity index (χ0) is 22.5. The van der Waals surface area contributed by atoms with Gasteiger partial charge in [-0.3, -0.25) is 20.6 Å². The number of benzene rings is 2. The Bertz CT molecular complexity index is 1160. The zero-order valence-electron chi connectivity index (χ0n) is 16.6. The Hall–Kier alpha value is -3.09. The molecule has 0 spiro atoms. The van der Waals surface area contributed by atoms with Gasteiger partial charge >= 0.3 is 0 Å². The van der Waals surface area contributed by atoms with Crippen molar-refractivity contribution >= 4 is 51.6 Å². The lowest BCUT2D eigenvalue weighted by molar-refractivity contribution is -0.122. The fraction of sp³-hybridized carbons (Fsp3) is 0.190. The van der Waals surface area contributed by atoms with Crippen LogP contribution in [0.5, 0.6) is 0 Å². The van der Waals surface area contributed by atoms with Gasteiger partial charge in [-0.15, -0.1) is 0 Å². The molecule has 2 aromatic carbocycles. The predicted octanol–water partition coefficient (Wildman–Crippen LogP) is 2.93. The van der Waals surface area contributed by atoms with Crippen LogP contribution in [0, 0.1) is 11.3 Å². The first-order valence-electron chi connectivity index (χ1n) is 9.29. The summed E-state index contributed by atoms with van der Waals surface area (Å²) >= 11 is 12.4. The fourth-order valence-corrected chi connectivity index (χ4v) is 3.69. The summed E-state index contributed by atoms with van der Waals surface area (Å²) in [6, 6.07) is 12.6. The van der Waals surface area contributed by atoms with Crippen LogP contribution < -0.4 is 21.7 Å². The van der Waals surface area contributed by atoms with Gasteiger partial charge in [-0.2, -0.15) is 5.26 Å². The van der Waals surface area contributed by atoms with Gasteiger partial charge in [-0.05, 0) is 41.3 Å². The molecule has 160 valence electrons. The molecule has 31 heavy (non-hydrogen) atoms. The summed E-state index contributed by atoms with van der Waals surface area (Å²) in [5.41, 5.74) is 8.35. The maximum atomic E-state index is 12.4. The van der Waals surface area contributed by atoms with Gasteiger partial charge in [0.2, 0.25) is 11.8 Å². The number of hydrogen-bond donors (Lipinski definition) is 4. The predicted molar refractivity (Wildman–Crippen MR) is 120 cm³/mol. The smallest absolute Gasteiger partial charge is 0.242 e. The molecule has 3 rings (SSSR count). The van der Waals surface area contributed by atoms with E-state index in [1.54, 1.807) is 35.0 Å². The van der Waals surface area contributed by atoms with E-state index in [-0.39, 0.29) is 18.4 Å². The van der Waals surface area contributed by atoms with Crippen molar-refractivity contribution in [2.24, 2.45) is 5.73 Å². The molecule has 8 nitrogen and oxygen atoms in total. The first kappa shape index (κ1) is 22.6. The number of rotatable bonds is 7. The minimum absolute atomic E-state index is 0.0524. The highest BCUT2D eigenvalue weighted by Gasteiger charge is 2.13. The van der Waals surface area contributed by atoms with E-state index in [0.717, 1.165) is 16.5 Å². The van der Waals surface area contributed by atoms with Gasteiger partial charge in [0.1, 0.15) is 12.8 Å². The molecule has 5 N–H and O–H groups in total. The van der Waals surface area contributed by atoms with Crippen LogP contribution in [0.3, 0.4) is 0 Å². The Kier molecular flexibility index (Phi) is 7.15. The van der Waals surface area contributed by atoms with Gasteiger partial charge in [0.15, 0.2) is 0 Å². The third kappa shape index (κ3) is 5.75. The van der Waals surface area contributed by atoms with Crippen LogP contribution in [0.25, 0.3) is 10.9 Å². The molecule has 0 aliphatic rings. The summed E-state index contributed by atoms with van der Waals surface area (Å²) in [5.74, 6) is -0.573. The van der Waals surface area contributed by atoms with Crippen LogP contribution in [-0.4, -0.2) is 22.7 Å². The number of fused-ring (bicyclic) bond motifs is 1. The molecule has 1 heterocycles. The summed E-state index contributed by atoms with van der Waals surface area (Å²) in [6.07, 6.45) is 0.974. The summed E-state index contributed by atoms with van der Waals surface area (Å²) in [5, 5.41) is 18.8. The zero-order valence-corrected chi connectivity index (χ0v) is 18.1. The highest BCUT2D eigenvalue weighted by Crippen LogP contribution is 2.31. The number of carbonyl (C=O) groups is 2. The molecule has 3 aromatic rings. The Morgan fingerprint density at radius 1 is 1.19 bits per heavy atom.